The molecule has 0 saturated carbocycles. The van der Waals surface area contributed by atoms with E-state index in [-0.39, 0.29) is 5.92 Å². The summed E-state index contributed by atoms with van der Waals surface area (Å²) in [6, 6.07) is 44.3. The van der Waals surface area contributed by atoms with E-state index >= 15 is 0 Å². The second kappa shape index (κ2) is 11.3. The molecular formula is C39H36N2O. The Morgan fingerprint density at radius 2 is 1.24 bits per heavy atom. The number of aromatic nitrogens is 2. The second-order valence-electron chi connectivity index (χ2n) is 11.3. The number of aliphatic hydroxyl groups is 1. The van der Waals surface area contributed by atoms with Gasteiger partial charge in [0.25, 0.3) is 0 Å². The van der Waals surface area contributed by atoms with E-state index in [1.54, 1.807) is 0 Å². The predicted molar refractivity (Wildman–Crippen MR) is 173 cm³/mol. The van der Waals surface area contributed by atoms with Gasteiger partial charge >= 0.3 is 0 Å². The number of fused-ring (bicyclic) bond motifs is 1. The van der Waals surface area contributed by atoms with Crippen molar-refractivity contribution in [2.75, 3.05) is 0 Å². The Morgan fingerprint density at radius 3 is 1.76 bits per heavy atom. The average molecular weight is 549 g/mol. The lowest BCUT2D eigenvalue weighted by Crippen LogP contribution is -2.37. The standard InChI is InChI=1S/C39H36N2O/c1-4-14-30-21-22-32-26-36(24-23-31(32)25-30)39(42,29(2)3)37-27-41(28-40-37)38(33-15-8-5-9-16-33,34-17-10-6-11-18-34)35-19-12-7-13-20-35/h4-13,15-29,42H,1,14H2,2-3H3. The maximum atomic E-state index is 12.5. The third-order valence-corrected chi connectivity index (χ3v) is 8.50. The van der Waals surface area contributed by atoms with E-state index in [4.69, 9.17) is 4.98 Å². The molecule has 3 nitrogen and oxygen atoms in total. The Bertz CT molecular complexity index is 1710. The highest BCUT2D eigenvalue weighted by Gasteiger charge is 2.42. The van der Waals surface area contributed by atoms with Crippen molar-refractivity contribution in [3.8, 4) is 0 Å². The lowest BCUT2D eigenvalue weighted by Gasteiger charge is -2.37. The minimum Gasteiger partial charge on any atom is -0.378 e. The van der Waals surface area contributed by atoms with Gasteiger partial charge in [0.15, 0.2) is 0 Å². The molecule has 0 radical (unpaired) electrons. The molecule has 42 heavy (non-hydrogen) atoms. The molecule has 0 bridgehead atoms. The molecule has 1 aromatic heterocycles. The Hall–Kier alpha value is -4.73. The zero-order valence-electron chi connectivity index (χ0n) is 24.2. The van der Waals surface area contributed by atoms with Gasteiger partial charge in [-0.15, -0.1) is 6.58 Å². The first-order valence-corrected chi connectivity index (χ1v) is 14.6. The lowest BCUT2D eigenvalue weighted by molar-refractivity contribution is 0.0279. The number of benzene rings is 5. The van der Waals surface area contributed by atoms with E-state index in [0.717, 1.165) is 39.4 Å². The van der Waals surface area contributed by atoms with Gasteiger partial charge in [-0.1, -0.05) is 141 Å². The first-order chi connectivity index (χ1) is 20.5. The van der Waals surface area contributed by atoms with Crippen molar-refractivity contribution in [3.63, 3.8) is 0 Å². The number of nitrogens with zero attached hydrogens (tertiary/aromatic N) is 2. The molecule has 0 aliphatic heterocycles. The van der Waals surface area contributed by atoms with Crippen LogP contribution in [0.4, 0.5) is 0 Å². The quantitative estimate of drug-likeness (QED) is 0.145. The van der Waals surface area contributed by atoms with E-state index in [2.05, 4.69) is 128 Å². The molecule has 0 fully saturated rings. The Kier molecular flexibility index (Phi) is 7.36. The maximum Gasteiger partial charge on any atom is 0.135 e. The van der Waals surface area contributed by atoms with Crippen molar-refractivity contribution in [2.24, 2.45) is 5.92 Å². The zero-order chi connectivity index (χ0) is 29.2. The molecule has 0 aliphatic rings. The largest absolute Gasteiger partial charge is 0.378 e. The van der Waals surface area contributed by atoms with Crippen molar-refractivity contribution in [1.82, 2.24) is 9.55 Å². The first-order valence-electron chi connectivity index (χ1n) is 14.6. The van der Waals surface area contributed by atoms with Crippen LogP contribution in [0.25, 0.3) is 10.8 Å². The summed E-state index contributed by atoms with van der Waals surface area (Å²) in [5, 5.41) is 14.8. The summed E-state index contributed by atoms with van der Waals surface area (Å²) in [7, 11) is 0. The fraction of sp³-hybridized carbons (Fsp3) is 0.154. The third-order valence-electron chi connectivity index (χ3n) is 8.50. The van der Waals surface area contributed by atoms with Gasteiger partial charge in [-0.05, 0) is 57.0 Å². The molecule has 208 valence electrons. The van der Waals surface area contributed by atoms with Crippen LogP contribution < -0.4 is 0 Å². The van der Waals surface area contributed by atoms with Crippen molar-refractivity contribution in [2.45, 2.75) is 31.4 Å². The number of allylic oxidation sites excluding steroid dienone is 1. The molecule has 5 aromatic carbocycles. The molecule has 0 amide bonds. The van der Waals surface area contributed by atoms with E-state index in [0.29, 0.717) is 5.69 Å². The van der Waals surface area contributed by atoms with Crippen LogP contribution in [-0.2, 0) is 17.6 Å². The fourth-order valence-corrected chi connectivity index (χ4v) is 6.29. The Morgan fingerprint density at radius 1 is 0.714 bits per heavy atom. The van der Waals surface area contributed by atoms with Gasteiger partial charge in [0.2, 0.25) is 0 Å². The van der Waals surface area contributed by atoms with Gasteiger partial charge in [0, 0.05) is 6.20 Å². The third kappa shape index (κ3) is 4.56. The Balaban J connectivity index is 1.56. The van der Waals surface area contributed by atoms with Gasteiger partial charge in [-0.25, -0.2) is 4.98 Å². The minimum absolute atomic E-state index is 0.127. The molecule has 0 spiro atoms. The molecule has 1 atom stereocenters. The molecule has 0 aliphatic carbocycles. The van der Waals surface area contributed by atoms with Crippen LogP contribution in [0.3, 0.4) is 0 Å². The predicted octanol–water partition coefficient (Wildman–Crippen LogP) is 8.50. The van der Waals surface area contributed by atoms with Crippen LogP contribution in [0.1, 0.15) is 47.4 Å². The Labute approximate surface area is 248 Å². The lowest BCUT2D eigenvalue weighted by atomic mass is 9.76. The average Bonchev–Trinajstić information content (AvgIpc) is 3.53. The monoisotopic (exact) mass is 548 g/mol. The van der Waals surface area contributed by atoms with Gasteiger partial charge in [-0.2, -0.15) is 0 Å². The normalized spacial score (nSPS) is 13.2. The SMILES string of the molecule is C=CCc1ccc2cc(C(O)(c3cn(C(c4ccccc4)(c4ccccc4)c4ccccc4)cn3)C(C)C)ccc2c1. The highest BCUT2D eigenvalue weighted by Crippen LogP contribution is 2.43. The van der Waals surface area contributed by atoms with E-state index < -0.39 is 11.1 Å². The molecule has 1 N–H and O–H groups in total. The molecule has 1 unspecified atom stereocenters. The smallest absolute Gasteiger partial charge is 0.135 e. The van der Waals surface area contributed by atoms with Crippen LogP contribution in [0.2, 0.25) is 0 Å². The molecule has 1 heterocycles. The van der Waals surface area contributed by atoms with Crippen molar-refractivity contribution in [1.29, 1.82) is 0 Å². The van der Waals surface area contributed by atoms with Crippen LogP contribution >= 0.6 is 0 Å². The van der Waals surface area contributed by atoms with Gasteiger partial charge in [-0.3, -0.25) is 0 Å². The van der Waals surface area contributed by atoms with Gasteiger partial charge in [0.05, 0.1) is 12.0 Å². The summed E-state index contributed by atoms with van der Waals surface area (Å²) >= 11 is 0. The maximum absolute atomic E-state index is 12.5. The van der Waals surface area contributed by atoms with Crippen molar-refractivity contribution < 1.29 is 5.11 Å². The molecule has 6 rings (SSSR count). The molecule has 0 saturated heterocycles. The van der Waals surface area contributed by atoms with E-state index in [1.807, 2.05) is 42.9 Å². The number of rotatable bonds is 9. The summed E-state index contributed by atoms with van der Waals surface area (Å²) in [4.78, 5) is 4.95. The highest BCUT2D eigenvalue weighted by molar-refractivity contribution is 5.84. The summed E-state index contributed by atoms with van der Waals surface area (Å²) in [6.45, 7) is 7.97. The highest BCUT2D eigenvalue weighted by atomic mass is 16.3. The first kappa shape index (κ1) is 27.4. The number of hydrogen-bond acceptors (Lipinski definition) is 2. The number of hydrogen-bond donors (Lipinski definition) is 1. The van der Waals surface area contributed by atoms with E-state index in [9.17, 15) is 5.11 Å². The van der Waals surface area contributed by atoms with Gasteiger partial charge < -0.3 is 9.67 Å². The molecule has 3 heteroatoms. The summed E-state index contributed by atoms with van der Waals surface area (Å²) < 4.78 is 2.16. The summed E-state index contributed by atoms with van der Waals surface area (Å²) in [6.07, 6.45) is 6.66. The van der Waals surface area contributed by atoms with Crippen LogP contribution in [0.5, 0.6) is 0 Å². The minimum atomic E-state index is -1.30. The molecular weight excluding hydrogens is 512 g/mol. The van der Waals surface area contributed by atoms with Crippen LogP contribution in [0, 0.1) is 5.92 Å². The van der Waals surface area contributed by atoms with Crippen LogP contribution in [0.15, 0.2) is 153 Å². The van der Waals surface area contributed by atoms with E-state index in [1.165, 1.54) is 5.56 Å². The summed E-state index contributed by atoms with van der Waals surface area (Å²) in [5.41, 5.74) is 4.01. The fourth-order valence-electron chi connectivity index (χ4n) is 6.29. The molecule has 6 aromatic rings. The second-order valence-corrected chi connectivity index (χ2v) is 11.3. The summed E-state index contributed by atoms with van der Waals surface area (Å²) in [5.74, 6) is -0.127. The van der Waals surface area contributed by atoms with Gasteiger partial charge in [0.1, 0.15) is 11.1 Å². The van der Waals surface area contributed by atoms with Crippen molar-refractivity contribution >= 4 is 10.8 Å². The number of imidazole rings is 1. The zero-order valence-corrected chi connectivity index (χ0v) is 24.2. The van der Waals surface area contributed by atoms with Crippen molar-refractivity contribution in [3.05, 3.63) is 186 Å². The van der Waals surface area contributed by atoms with Crippen LogP contribution in [-0.4, -0.2) is 14.7 Å². The topological polar surface area (TPSA) is 38.0 Å².